The van der Waals surface area contributed by atoms with Crippen LogP contribution in [0.4, 0.5) is 0 Å². The molecule has 0 saturated heterocycles. The van der Waals surface area contributed by atoms with E-state index >= 15 is 0 Å². The summed E-state index contributed by atoms with van der Waals surface area (Å²) in [6.45, 7) is 32.9. The summed E-state index contributed by atoms with van der Waals surface area (Å²) in [5.41, 5.74) is 4.40. The molecule has 0 N–H and O–H groups in total. The van der Waals surface area contributed by atoms with Gasteiger partial charge in [0.1, 0.15) is 6.29 Å². The molecule has 3 nitrogen and oxygen atoms in total. The fraction of sp³-hybridized carbons (Fsp3) is 0.750. The summed E-state index contributed by atoms with van der Waals surface area (Å²) in [6, 6.07) is 0. The number of hydrogen-bond donors (Lipinski definition) is 0. The molecule has 232 valence electrons. The predicted molar refractivity (Wildman–Crippen MR) is 181 cm³/mol. The number of hydrogen-bond acceptors (Lipinski definition) is 3. The van der Waals surface area contributed by atoms with Crippen LogP contribution in [0.15, 0.2) is 47.6 Å². The summed E-state index contributed by atoms with van der Waals surface area (Å²) in [7, 11) is -3.90. The second-order valence-electron chi connectivity index (χ2n) is 16.7. The highest BCUT2D eigenvalue weighted by Crippen LogP contribution is 2.59. The van der Waals surface area contributed by atoms with E-state index in [2.05, 4.69) is 106 Å². The summed E-state index contributed by atoms with van der Waals surface area (Å²) in [6.07, 6.45) is 17.8. The molecule has 6 atom stereocenters. The Morgan fingerprint density at radius 3 is 2.17 bits per heavy atom. The van der Waals surface area contributed by atoms with Crippen molar-refractivity contribution in [3.8, 4) is 0 Å². The van der Waals surface area contributed by atoms with Gasteiger partial charge in [0.25, 0.3) is 0 Å². The first-order valence-corrected chi connectivity index (χ1v) is 22.1. The molecule has 0 aromatic carbocycles. The standard InChI is InChI=1S/C36H62O3Si2/c1-26(16-15-23-37)31-20-21-32-28(17-14-22-36(31,32)9)18-19-29-24-30(38-40(10,11)34(3,4)5)25-33(27(29)2)39-41(12,13)35(6,7)8/h15-16,18-19,23,26,30-33H,2,14,17,20-22,24-25H2,1,3-13H3/t26-,30-,31-,32+,33+,36-/m1/s1. The molecular weight excluding hydrogens is 537 g/mol. The Bertz CT molecular complexity index is 1050. The molecule has 3 aliphatic carbocycles. The molecule has 3 fully saturated rings. The summed E-state index contributed by atoms with van der Waals surface area (Å²) >= 11 is 0. The van der Waals surface area contributed by atoms with Crippen molar-refractivity contribution < 1.29 is 13.6 Å². The topological polar surface area (TPSA) is 35.5 Å². The van der Waals surface area contributed by atoms with E-state index in [1.807, 2.05) is 0 Å². The van der Waals surface area contributed by atoms with Crippen molar-refractivity contribution in [2.45, 2.75) is 149 Å². The average molecular weight is 599 g/mol. The Morgan fingerprint density at radius 2 is 1.59 bits per heavy atom. The number of carbonyl (C=O) groups excluding carboxylic acids is 1. The normalized spacial score (nSPS) is 33.0. The van der Waals surface area contributed by atoms with E-state index in [4.69, 9.17) is 8.85 Å². The molecule has 0 heterocycles. The molecular formula is C36H62O3Si2. The first-order chi connectivity index (χ1) is 18.7. The number of carbonyl (C=O) groups is 1. The lowest BCUT2D eigenvalue weighted by molar-refractivity contribution is -0.104. The molecule has 0 spiro atoms. The molecule has 5 heteroatoms. The van der Waals surface area contributed by atoms with Crippen molar-refractivity contribution >= 4 is 22.9 Å². The van der Waals surface area contributed by atoms with E-state index in [1.54, 1.807) is 11.6 Å². The molecule has 3 aliphatic rings. The van der Waals surface area contributed by atoms with Crippen molar-refractivity contribution in [1.82, 2.24) is 0 Å². The highest BCUT2D eigenvalue weighted by molar-refractivity contribution is 6.74. The largest absolute Gasteiger partial charge is 0.413 e. The van der Waals surface area contributed by atoms with Gasteiger partial charge in [-0.1, -0.05) is 85.8 Å². The Kier molecular flexibility index (Phi) is 10.5. The third-order valence-corrected chi connectivity index (χ3v) is 20.9. The van der Waals surface area contributed by atoms with Crippen LogP contribution in [0.2, 0.25) is 36.3 Å². The zero-order chi connectivity index (χ0) is 31.0. The van der Waals surface area contributed by atoms with Crippen LogP contribution < -0.4 is 0 Å². The Morgan fingerprint density at radius 1 is 0.976 bits per heavy atom. The van der Waals surface area contributed by atoms with Crippen LogP contribution in [0.3, 0.4) is 0 Å². The van der Waals surface area contributed by atoms with Gasteiger partial charge < -0.3 is 8.85 Å². The van der Waals surface area contributed by atoms with Gasteiger partial charge in [-0.2, -0.15) is 0 Å². The van der Waals surface area contributed by atoms with Crippen molar-refractivity contribution in [3.05, 3.63) is 47.6 Å². The minimum atomic E-state index is -1.97. The second-order valence-corrected chi connectivity index (χ2v) is 26.3. The first kappa shape index (κ1) is 34.5. The van der Waals surface area contributed by atoms with E-state index in [0.717, 1.165) is 24.7 Å². The lowest BCUT2D eigenvalue weighted by Gasteiger charge is -2.45. The number of allylic oxidation sites excluding steroid dienone is 5. The Hall–Kier alpha value is -1.02. The van der Waals surface area contributed by atoms with Crippen molar-refractivity contribution in [2.75, 3.05) is 0 Å². The lowest BCUT2D eigenvalue weighted by atomic mass is 9.61. The third kappa shape index (κ3) is 7.56. The number of aldehydes is 1. The van der Waals surface area contributed by atoms with Gasteiger partial charge in [-0.3, -0.25) is 4.79 Å². The summed E-state index contributed by atoms with van der Waals surface area (Å²) in [4.78, 5) is 11.0. The van der Waals surface area contributed by atoms with E-state index in [0.29, 0.717) is 23.2 Å². The maximum atomic E-state index is 11.0. The van der Waals surface area contributed by atoms with Gasteiger partial charge >= 0.3 is 0 Å². The van der Waals surface area contributed by atoms with Crippen molar-refractivity contribution in [2.24, 2.45) is 23.2 Å². The molecule has 0 aliphatic heterocycles. The Labute approximate surface area is 255 Å². The maximum Gasteiger partial charge on any atom is 0.192 e. The average Bonchev–Trinajstić information content (AvgIpc) is 3.19. The highest BCUT2D eigenvalue weighted by Gasteiger charge is 2.50. The smallest absolute Gasteiger partial charge is 0.192 e. The monoisotopic (exact) mass is 598 g/mol. The van der Waals surface area contributed by atoms with Gasteiger partial charge in [-0.25, -0.2) is 0 Å². The van der Waals surface area contributed by atoms with Crippen molar-refractivity contribution in [1.29, 1.82) is 0 Å². The zero-order valence-corrected chi connectivity index (χ0v) is 30.7. The Balaban J connectivity index is 1.92. The lowest BCUT2D eigenvalue weighted by Crippen LogP contribution is -2.49. The summed E-state index contributed by atoms with van der Waals surface area (Å²) in [5, 5.41) is 0.322. The molecule has 0 radical (unpaired) electrons. The molecule has 3 saturated carbocycles. The minimum absolute atomic E-state index is 0.0157. The van der Waals surface area contributed by atoms with E-state index in [-0.39, 0.29) is 22.3 Å². The molecule has 3 rings (SSSR count). The van der Waals surface area contributed by atoms with Gasteiger partial charge in [-0.15, -0.1) is 0 Å². The molecule has 0 unspecified atom stereocenters. The van der Waals surface area contributed by atoms with Gasteiger partial charge in [0, 0.05) is 6.42 Å². The number of fused-ring (bicyclic) bond motifs is 1. The highest BCUT2D eigenvalue weighted by atomic mass is 28.4. The van der Waals surface area contributed by atoms with Gasteiger partial charge in [-0.05, 0) is 115 Å². The van der Waals surface area contributed by atoms with Gasteiger partial charge in [0.15, 0.2) is 16.6 Å². The second kappa shape index (κ2) is 12.5. The molecule has 0 bridgehead atoms. The molecule has 0 aromatic heterocycles. The van der Waals surface area contributed by atoms with Crippen LogP contribution in [0.5, 0.6) is 0 Å². The van der Waals surface area contributed by atoms with Crippen LogP contribution in [0, 0.1) is 23.2 Å². The van der Waals surface area contributed by atoms with E-state index in [1.165, 1.54) is 37.7 Å². The fourth-order valence-corrected chi connectivity index (χ4v) is 9.93. The SMILES string of the molecule is C=C1C(=CC=C2CCC[C@]3(C)[C@@H]([C@H](C)C=CC=O)CC[C@@H]23)C[C@@H](O[Si](C)(C)C(C)(C)C)C[C@@H]1O[Si](C)(C)C(C)(C)C. The summed E-state index contributed by atoms with van der Waals surface area (Å²) in [5.74, 6) is 1.70. The quantitative estimate of drug-likeness (QED) is 0.158. The van der Waals surface area contributed by atoms with Crippen LogP contribution in [0.25, 0.3) is 0 Å². The summed E-state index contributed by atoms with van der Waals surface area (Å²) < 4.78 is 14.1. The minimum Gasteiger partial charge on any atom is -0.413 e. The van der Waals surface area contributed by atoms with Crippen molar-refractivity contribution in [3.63, 3.8) is 0 Å². The van der Waals surface area contributed by atoms with Crippen LogP contribution in [0.1, 0.15) is 100 Å². The third-order valence-electron chi connectivity index (χ3n) is 11.9. The van der Waals surface area contributed by atoms with E-state index < -0.39 is 16.6 Å². The maximum absolute atomic E-state index is 11.0. The number of rotatable bonds is 8. The van der Waals surface area contributed by atoms with Gasteiger partial charge in [0.05, 0.1) is 12.2 Å². The van der Waals surface area contributed by atoms with Crippen LogP contribution in [-0.2, 0) is 13.6 Å². The molecule has 41 heavy (non-hydrogen) atoms. The zero-order valence-electron chi connectivity index (χ0n) is 28.7. The fourth-order valence-electron chi connectivity index (χ4n) is 7.26. The predicted octanol–water partition coefficient (Wildman–Crippen LogP) is 10.6. The van der Waals surface area contributed by atoms with Crippen LogP contribution in [-0.4, -0.2) is 35.1 Å². The molecule has 0 amide bonds. The molecule has 0 aromatic rings. The first-order valence-electron chi connectivity index (χ1n) is 16.3. The van der Waals surface area contributed by atoms with Crippen LogP contribution >= 0.6 is 0 Å². The van der Waals surface area contributed by atoms with Gasteiger partial charge in [0.2, 0.25) is 0 Å². The van der Waals surface area contributed by atoms with E-state index in [9.17, 15) is 4.79 Å².